The minimum Gasteiger partial charge on any atom is -0.494 e. The van der Waals surface area contributed by atoms with Crippen LogP contribution in [0.1, 0.15) is 24.0 Å². The lowest BCUT2D eigenvalue weighted by atomic mass is 10.1. The molecule has 0 atom stereocenters. The van der Waals surface area contributed by atoms with Gasteiger partial charge in [-0.25, -0.2) is 0 Å². The van der Waals surface area contributed by atoms with Crippen LogP contribution in [-0.2, 0) is 11.2 Å². The van der Waals surface area contributed by atoms with Crippen molar-refractivity contribution < 1.29 is 9.53 Å². The highest BCUT2D eigenvalue weighted by Gasteiger charge is 2.04. The molecular weight excluding hydrogens is 288 g/mol. The number of carbonyl (C=O) groups excluding carboxylic acids is 1. The fourth-order valence-corrected chi connectivity index (χ4v) is 2.22. The van der Waals surface area contributed by atoms with E-state index in [1.807, 2.05) is 55.5 Å². The van der Waals surface area contributed by atoms with Gasteiger partial charge in [0.05, 0.1) is 6.61 Å². The smallest absolute Gasteiger partial charge is 0.220 e. The summed E-state index contributed by atoms with van der Waals surface area (Å²) >= 11 is 0. The molecule has 2 aromatic carbocycles. The summed E-state index contributed by atoms with van der Waals surface area (Å²) in [6.07, 6.45) is 1.90. The van der Waals surface area contributed by atoms with E-state index >= 15 is 0 Å². The van der Waals surface area contributed by atoms with Crippen molar-refractivity contribution in [3.63, 3.8) is 0 Å². The molecule has 1 amide bonds. The van der Waals surface area contributed by atoms with Crippen molar-refractivity contribution in [2.45, 2.75) is 26.2 Å². The van der Waals surface area contributed by atoms with Crippen LogP contribution in [0.2, 0.25) is 0 Å². The number of amides is 1. The molecular formula is C19H24N2O2. The summed E-state index contributed by atoms with van der Waals surface area (Å²) in [7, 11) is 0. The largest absolute Gasteiger partial charge is 0.494 e. The number of hydrogen-bond acceptors (Lipinski definition) is 3. The Morgan fingerprint density at radius 2 is 1.87 bits per heavy atom. The maximum atomic E-state index is 11.8. The Labute approximate surface area is 137 Å². The van der Waals surface area contributed by atoms with Crippen molar-refractivity contribution in [1.82, 2.24) is 5.32 Å². The predicted molar refractivity (Wildman–Crippen MR) is 93.5 cm³/mol. The minimum atomic E-state index is 0.0450. The Kier molecular flexibility index (Phi) is 6.48. The SMILES string of the molecule is Cc1ccc(OCCCNC(=O)CCc2ccccc2N)cc1. The first-order valence-electron chi connectivity index (χ1n) is 7.94. The van der Waals surface area contributed by atoms with Gasteiger partial charge in [0.25, 0.3) is 0 Å². The highest BCUT2D eigenvalue weighted by molar-refractivity contribution is 5.76. The highest BCUT2D eigenvalue weighted by atomic mass is 16.5. The fraction of sp³-hybridized carbons (Fsp3) is 0.316. The van der Waals surface area contributed by atoms with Crippen molar-refractivity contribution in [2.24, 2.45) is 0 Å². The lowest BCUT2D eigenvalue weighted by Crippen LogP contribution is -2.25. The lowest BCUT2D eigenvalue weighted by Gasteiger charge is -2.08. The summed E-state index contributed by atoms with van der Waals surface area (Å²) in [5.41, 5.74) is 8.84. The molecule has 0 aliphatic rings. The summed E-state index contributed by atoms with van der Waals surface area (Å²) in [6, 6.07) is 15.6. The summed E-state index contributed by atoms with van der Waals surface area (Å²) in [6.45, 7) is 3.26. The van der Waals surface area contributed by atoms with Gasteiger partial charge in [0, 0.05) is 18.7 Å². The second kappa shape index (κ2) is 8.83. The monoisotopic (exact) mass is 312 g/mol. The molecule has 2 rings (SSSR count). The number of para-hydroxylation sites is 1. The van der Waals surface area contributed by atoms with Crippen LogP contribution in [0.4, 0.5) is 5.69 Å². The molecule has 23 heavy (non-hydrogen) atoms. The van der Waals surface area contributed by atoms with Crippen molar-refractivity contribution in [3.05, 3.63) is 59.7 Å². The molecule has 0 heterocycles. The number of rotatable bonds is 8. The Hall–Kier alpha value is -2.49. The number of hydrogen-bond donors (Lipinski definition) is 2. The first-order valence-corrected chi connectivity index (χ1v) is 7.94. The normalized spacial score (nSPS) is 10.3. The van der Waals surface area contributed by atoms with E-state index in [0.717, 1.165) is 23.4 Å². The van der Waals surface area contributed by atoms with Gasteiger partial charge in [0.1, 0.15) is 5.75 Å². The third-order valence-electron chi connectivity index (χ3n) is 3.61. The number of aryl methyl sites for hydroxylation is 2. The number of nitrogens with two attached hydrogens (primary N) is 1. The van der Waals surface area contributed by atoms with Gasteiger partial charge in [0.15, 0.2) is 0 Å². The molecule has 0 bridgehead atoms. The molecule has 0 saturated heterocycles. The van der Waals surface area contributed by atoms with E-state index in [2.05, 4.69) is 5.32 Å². The van der Waals surface area contributed by atoms with Crippen molar-refractivity contribution in [3.8, 4) is 5.75 Å². The van der Waals surface area contributed by atoms with Gasteiger partial charge in [-0.3, -0.25) is 4.79 Å². The topological polar surface area (TPSA) is 64.3 Å². The molecule has 0 saturated carbocycles. The zero-order valence-electron chi connectivity index (χ0n) is 13.5. The maximum Gasteiger partial charge on any atom is 0.220 e. The van der Waals surface area contributed by atoms with Gasteiger partial charge in [-0.1, -0.05) is 35.9 Å². The van der Waals surface area contributed by atoms with E-state index in [4.69, 9.17) is 10.5 Å². The fourth-order valence-electron chi connectivity index (χ4n) is 2.22. The molecule has 0 aromatic heterocycles. The quantitative estimate of drug-likeness (QED) is 0.581. The molecule has 0 aliphatic heterocycles. The van der Waals surface area contributed by atoms with E-state index in [-0.39, 0.29) is 5.91 Å². The number of ether oxygens (including phenoxy) is 1. The third kappa shape index (κ3) is 6.02. The number of anilines is 1. The van der Waals surface area contributed by atoms with Crippen LogP contribution in [0.15, 0.2) is 48.5 Å². The molecule has 122 valence electrons. The van der Waals surface area contributed by atoms with E-state index in [0.29, 0.717) is 26.0 Å². The molecule has 3 N–H and O–H groups in total. The van der Waals surface area contributed by atoms with Gasteiger partial charge in [-0.15, -0.1) is 0 Å². The second-order valence-electron chi connectivity index (χ2n) is 5.56. The zero-order valence-corrected chi connectivity index (χ0v) is 13.5. The molecule has 0 spiro atoms. The molecule has 2 aromatic rings. The summed E-state index contributed by atoms with van der Waals surface area (Å²) < 4.78 is 5.62. The molecule has 0 aliphatic carbocycles. The van der Waals surface area contributed by atoms with E-state index < -0.39 is 0 Å². The van der Waals surface area contributed by atoms with Gasteiger partial charge >= 0.3 is 0 Å². The predicted octanol–water partition coefficient (Wildman–Crippen LogP) is 3.10. The van der Waals surface area contributed by atoms with E-state index in [1.165, 1.54) is 5.56 Å². The highest BCUT2D eigenvalue weighted by Crippen LogP contribution is 2.13. The van der Waals surface area contributed by atoms with Crippen LogP contribution in [0.25, 0.3) is 0 Å². The van der Waals surface area contributed by atoms with Gasteiger partial charge in [-0.05, 0) is 43.5 Å². The Morgan fingerprint density at radius 3 is 2.61 bits per heavy atom. The number of nitrogen functional groups attached to an aromatic ring is 1. The van der Waals surface area contributed by atoms with Crippen LogP contribution in [0.3, 0.4) is 0 Å². The standard InChI is InChI=1S/C19H24N2O2/c1-15-7-10-17(11-8-15)23-14-4-13-21-19(22)12-9-16-5-2-3-6-18(16)20/h2-3,5-8,10-11H,4,9,12-14,20H2,1H3,(H,21,22). The molecule has 0 fully saturated rings. The van der Waals surface area contributed by atoms with Gasteiger partial charge < -0.3 is 15.8 Å². The molecule has 0 unspecified atom stereocenters. The first-order chi connectivity index (χ1) is 11.1. The Bertz CT molecular complexity index is 624. The van der Waals surface area contributed by atoms with Crippen LogP contribution < -0.4 is 15.8 Å². The Balaban J connectivity index is 1.58. The molecule has 0 radical (unpaired) electrons. The van der Waals surface area contributed by atoms with E-state index in [1.54, 1.807) is 0 Å². The lowest BCUT2D eigenvalue weighted by molar-refractivity contribution is -0.121. The zero-order chi connectivity index (χ0) is 16.5. The summed E-state index contributed by atoms with van der Waals surface area (Å²) in [5, 5.41) is 2.91. The van der Waals surface area contributed by atoms with Crippen LogP contribution in [-0.4, -0.2) is 19.1 Å². The first kappa shape index (κ1) is 16.9. The molecule has 4 nitrogen and oxygen atoms in total. The van der Waals surface area contributed by atoms with Crippen LogP contribution in [0.5, 0.6) is 5.75 Å². The average molecular weight is 312 g/mol. The molecule has 4 heteroatoms. The van der Waals surface area contributed by atoms with Crippen molar-refractivity contribution in [1.29, 1.82) is 0 Å². The van der Waals surface area contributed by atoms with Gasteiger partial charge in [0.2, 0.25) is 5.91 Å². The van der Waals surface area contributed by atoms with Crippen LogP contribution in [0, 0.1) is 6.92 Å². The minimum absolute atomic E-state index is 0.0450. The van der Waals surface area contributed by atoms with Gasteiger partial charge in [-0.2, -0.15) is 0 Å². The maximum absolute atomic E-state index is 11.8. The Morgan fingerprint density at radius 1 is 1.13 bits per heavy atom. The summed E-state index contributed by atoms with van der Waals surface area (Å²) in [5.74, 6) is 0.907. The van der Waals surface area contributed by atoms with E-state index in [9.17, 15) is 4.79 Å². The number of benzene rings is 2. The summed E-state index contributed by atoms with van der Waals surface area (Å²) in [4.78, 5) is 11.8. The van der Waals surface area contributed by atoms with Crippen molar-refractivity contribution >= 4 is 11.6 Å². The van der Waals surface area contributed by atoms with Crippen molar-refractivity contribution in [2.75, 3.05) is 18.9 Å². The average Bonchev–Trinajstić information content (AvgIpc) is 2.55. The number of carbonyl (C=O) groups is 1. The second-order valence-corrected chi connectivity index (χ2v) is 5.56. The number of nitrogens with one attached hydrogen (secondary N) is 1. The van der Waals surface area contributed by atoms with Crippen LogP contribution >= 0.6 is 0 Å². The third-order valence-corrected chi connectivity index (χ3v) is 3.61.